The Morgan fingerprint density at radius 2 is 2.04 bits per heavy atom. The highest BCUT2D eigenvalue weighted by Gasteiger charge is 2.16. The molecule has 0 radical (unpaired) electrons. The number of aryl methyl sites for hydroxylation is 2. The summed E-state index contributed by atoms with van der Waals surface area (Å²) in [5.41, 5.74) is 2.44. The summed E-state index contributed by atoms with van der Waals surface area (Å²) in [7, 11) is 1.59. The number of ether oxygens (including phenoxy) is 1. The summed E-state index contributed by atoms with van der Waals surface area (Å²) < 4.78 is 5.17. The Morgan fingerprint density at radius 3 is 2.80 bits per heavy atom. The van der Waals surface area contributed by atoms with E-state index in [1.807, 2.05) is 44.2 Å². The Morgan fingerprint density at radius 1 is 1.20 bits per heavy atom. The Hall–Kier alpha value is -2.93. The van der Waals surface area contributed by atoms with Gasteiger partial charge in [-0.05, 0) is 43.7 Å². The van der Waals surface area contributed by atoms with Crippen LogP contribution in [0.15, 0.2) is 42.6 Å². The third kappa shape index (κ3) is 4.13. The smallest absolute Gasteiger partial charge is 0.267 e. The molecule has 0 aliphatic heterocycles. The molecule has 0 unspecified atom stereocenters. The number of methoxy groups -OCH3 is 1. The van der Waals surface area contributed by atoms with Crippen LogP contribution in [0.4, 0.5) is 16.6 Å². The third-order valence-corrected chi connectivity index (χ3v) is 4.55. The first-order valence-corrected chi connectivity index (χ1v) is 8.49. The van der Waals surface area contributed by atoms with E-state index in [2.05, 4.69) is 20.6 Å². The molecule has 7 heteroatoms. The van der Waals surface area contributed by atoms with Crippen molar-refractivity contribution in [1.82, 2.24) is 9.97 Å². The maximum Gasteiger partial charge on any atom is 0.267 e. The first-order valence-electron chi connectivity index (χ1n) is 7.67. The number of carbonyl (C=O) groups is 1. The number of nitrogens with zero attached hydrogens (tertiary/aromatic N) is 2. The van der Waals surface area contributed by atoms with Crippen LogP contribution < -0.4 is 15.4 Å². The summed E-state index contributed by atoms with van der Waals surface area (Å²) >= 11 is 1.29. The van der Waals surface area contributed by atoms with Gasteiger partial charge in [0.25, 0.3) is 5.91 Å². The molecule has 2 aromatic heterocycles. The lowest BCUT2D eigenvalue weighted by atomic mass is 10.3. The molecule has 128 valence electrons. The van der Waals surface area contributed by atoms with Crippen molar-refractivity contribution in [3.63, 3.8) is 0 Å². The second kappa shape index (κ2) is 7.31. The zero-order valence-corrected chi connectivity index (χ0v) is 15.0. The van der Waals surface area contributed by atoms with Gasteiger partial charge in [-0.2, -0.15) is 0 Å². The summed E-state index contributed by atoms with van der Waals surface area (Å²) in [6, 6.07) is 11.1. The van der Waals surface area contributed by atoms with E-state index in [-0.39, 0.29) is 5.91 Å². The van der Waals surface area contributed by atoms with Crippen LogP contribution in [-0.2, 0) is 0 Å². The van der Waals surface area contributed by atoms with Crippen LogP contribution in [0, 0.1) is 13.8 Å². The number of rotatable bonds is 5. The van der Waals surface area contributed by atoms with Crippen LogP contribution in [0.1, 0.15) is 20.9 Å². The predicted molar refractivity (Wildman–Crippen MR) is 100 cm³/mol. The van der Waals surface area contributed by atoms with E-state index >= 15 is 0 Å². The average Bonchev–Trinajstić information content (AvgIpc) is 2.95. The molecule has 25 heavy (non-hydrogen) atoms. The van der Waals surface area contributed by atoms with Crippen LogP contribution in [0.25, 0.3) is 0 Å². The zero-order chi connectivity index (χ0) is 17.8. The molecule has 3 aromatic rings. The van der Waals surface area contributed by atoms with E-state index < -0.39 is 0 Å². The van der Waals surface area contributed by atoms with Gasteiger partial charge in [0.1, 0.15) is 16.4 Å². The number of anilines is 3. The lowest BCUT2D eigenvalue weighted by Crippen LogP contribution is -2.11. The minimum Gasteiger partial charge on any atom is -0.497 e. The maximum absolute atomic E-state index is 12.5. The SMILES string of the molecule is COc1cccc(NC(=O)c2sc(Nc3cc(C)ccn3)nc2C)c1. The van der Waals surface area contributed by atoms with Crippen molar-refractivity contribution in [3.05, 3.63) is 58.7 Å². The highest BCUT2D eigenvalue weighted by molar-refractivity contribution is 7.17. The second-order valence-electron chi connectivity index (χ2n) is 5.46. The molecule has 0 aliphatic carbocycles. The van der Waals surface area contributed by atoms with Gasteiger partial charge in [-0.3, -0.25) is 4.79 Å². The molecule has 2 heterocycles. The molecule has 2 N–H and O–H groups in total. The van der Waals surface area contributed by atoms with E-state index in [0.29, 0.717) is 33.0 Å². The van der Waals surface area contributed by atoms with Gasteiger partial charge >= 0.3 is 0 Å². The molecule has 0 spiro atoms. The quantitative estimate of drug-likeness (QED) is 0.719. The van der Waals surface area contributed by atoms with Crippen LogP contribution >= 0.6 is 11.3 Å². The standard InChI is InChI=1S/C18H18N4O2S/c1-11-7-8-19-15(9-11)22-18-20-12(2)16(25-18)17(23)21-13-5-4-6-14(10-13)24-3/h4-10H,1-3H3,(H,21,23)(H,19,20,22). The monoisotopic (exact) mass is 354 g/mol. The number of hydrogen-bond donors (Lipinski definition) is 2. The zero-order valence-electron chi connectivity index (χ0n) is 14.2. The topological polar surface area (TPSA) is 76.1 Å². The van der Waals surface area contributed by atoms with Crippen molar-refractivity contribution in [3.8, 4) is 5.75 Å². The fourth-order valence-corrected chi connectivity index (χ4v) is 3.13. The van der Waals surface area contributed by atoms with E-state index in [1.54, 1.807) is 19.4 Å². The molecule has 0 bridgehead atoms. The van der Waals surface area contributed by atoms with Crippen molar-refractivity contribution >= 4 is 33.9 Å². The van der Waals surface area contributed by atoms with Gasteiger partial charge in [-0.25, -0.2) is 9.97 Å². The molecule has 0 aliphatic rings. The average molecular weight is 354 g/mol. The molecule has 1 amide bonds. The fraction of sp³-hybridized carbons (Fsp3) is 0.167. The van der Waals surface area contributed by atoms with Gasteiger partial charge < -0.3 is 15.4 Å². The number of pyridine rings is 1. The number of amides is 1. The van der Waals surface area contributed by atoms with Crippen LogP contribution in [0.5, 0.6) is 5.75 Å². The molecule has 0 saturated heterocycles. The summed E-state index contributed by atoms with van der Waals surface area (Å²) in [5, 5.41) is 6.64. The van der Waals surface area contributed by atoms with Crippen molar-refractivity contribution in [2.24, 2.45) is 0 Å². The summed E-state index contributed by atoms with van der Waals surface area (Å²) in [5.74, 6) is 1.19. The first kappa shape index (κ1) is 16.9. The Balaban J connectivity index is 1.76. The van der Waals surface area contributed by atoms with Crippen LogP contribution in [-0.4, -0.2) is 23.0 Å². The summed E-state index contributed by atoms with van der Waals surface area (Å²) in [6.07, 6.45) is 1.73. The maximum atomic E-state index is 12.5. The lowest BCUT2D eigenvalue weighted by molar-refractivity contribution is 0.103. The van der Waals surface area contributed by atoms with Crippen molar-refractivity contribution in [1.29, 1.82) is 0 Å². The largest absolute Gasteiger partial charge is 0.497 e. The number of aromatic nitrogens is 2. The Bertz CT molecular complexity index is 908. The van der Waals surface area contributed by atoms with Crippen molar-refractivity contribution in [2.45, 2.75) is 13.8 Å². The first-order chi connectivity index (χ1) is 12.0. The van der Waals surface area contributed by atoms with E-state index in [0.717, 1.165) is 5.56 Å². The Kier molecular flexibility index (Phi) is 4.95. The second-order valence-corrected chi connectivity index (χ2v) is 6.46. The van der Waals surface area contributed by atoms with Gasteiger partial charge in [0.05, 0.1) is 12.8 Å². The molecular formula is C18H18N4O2S. The van der Waals surface area contributed by atoms with E-state index in [4.69, 9.17) is 4.74 Å². The normalized spacial score (nSPS) is 10.4. The molecule has 0 saturated carbocycles. The number of carbonyl (C=O) groups excluding carboxylic acids is 1. The number of nitrogens with one attached hydrogen (secondary N) is 2. The van der Waals surface area contributed by atoms with Crippen LogP contribution in [0.3, 0.4) is 0 Å². The molecule has 0 fully saturated rings. The number of hydrogen-bond acceptors (Lipinski definition) is 6. The van der Waals surface area contributed by atoms with Gasteiger partial charge in [-0.15, -0.1) is 0 Å². The minimum absolute atomic E-state index is 0.200. The predicted octanol–water partition coefficient (Wildman–Crippen LogP) is 4.16. The molecular weight excluding hydrogens is 336 g/mol. The van der Waals surface area contributed by atoms with Crippen LogP contribution in [0.2, 0.25) is 0 Å². The third-order valence-electron chi connectivity index (χ3n) is 3.48. The van der Waals surface area contributed by atoms with Crippen molar-refractivity contribution in [2.75, 3.05) is 17.7 Å². The molecule has 6 nitrogen and oxygen atoms in total. The van der Waals surface area contributed by atoms with Gasteiger partial charge in [0.2, 0.25) is 0 Å². The summed E-state index contributed by atoms with van der Waals surface area (Å²) in [4.78, 5) is 21.7. The molecule has 3 rings (SSSR count). The minimum atomic E-state index is -0.200. The highest BCUT2D eigenvalue weighted by atomic mass is 32.1. The van der Waals surface area contributed by atoms with Gasteiger partial charge in [-0.1, -0.05) is 17.4 Å². The Labute approximate surface area is 149 Å². The van der Waals surface area contributed by atoms with E-state index in [1.165, 1.54) is 11.3 Å². The van der Waals surface area contributed by atoms with Gasteiger partial charge in [0.15, 0.2) is 5.13 Å². The van der Waals surface area contributed by atoms with Gasteiger partial charge in [0, 0.05) is 18.0 Å². The fourth-order valence-electron chi connectivity index (χ4n) is 2.26. The lowest BCUT2D eigenvalue weighted by Gasteiger charge is -2.06. The molecule has 0 atom stereocenters. The highest BCUT2D eigenvalue weighted by Crippen LogP contribution is 2.26. The summed E-state index contributed by atoms with van der Waals surface area (Å²) in [6.45, 7) is 3.80. The van der Waals surface area contributed by atoms with Crippen molar-refractivity contribution < 1.29 is 9.53 Å². The molecule has 1 aromatic carbocycles. The number of benzene rings is 1. The van der Waals surface area contributed by atoms with E-state index in [9.17, 15) is 4.79 Å². The number of thiazole rings is 1.